The molecule has 0 amide bonds. The van der Waals surface area contributed by atoms with Gasteiger partial charge in [-0.1, -0.05) is 43.7 Å². The number of nitrogens with zero attached hydrogens (tertiary/aromatic N) is 1. The van der Waals surface area contributed by atoms with E-state index in [4.69, 9.17) is 0 Å². The molecule has 2 atom stereocenters. The number of carbonyl (C=O) groups is 1. The van der Waals surface area contributed by atoms with Crippen molar-refractivity contribution < 1.29 is 4.79 Å². The van der Waals surface area contributed by atoms with Crippen molar-refractivity contribution in [1.82, 2.24) is 4.90 Å². The summed E-state index contributed by atoms with van der Waals surface area (Å²) in [7, 11) is 0. The van der Waals surface area contributed by atoms with Crippen LogP contribution in [0.5, 0.6) is 0 Å². The number of hydrogen-bond acceptors (Lipinski definition) is 2. The second kappa shape index (κ2) is 5.09. The minimum Gasteiger partial charge on any atom is -0.297 e. The molecule has 0 bridgehead atoms. The summed E-state index contributed by atoms with van der Waals surface area (Å²) in [6.07, 6.45) is 5.21. The molecule has 0 radical (unpaired) electrons. The Labute approximate surface area is 115 Å². The molecule has 0 spiro atoms. The number of carbonyl (C=O) groups excluding carboxylic acids is 1. The van der Waals surface area contributed by atoms with Crippen LogP contribution in [0.2, 0.25) is 0 Å². The van der Waals surface area contributed by atoms with Gasteiger partial charge in [0.25, 0.3) is 0 Å². The van der Waals surface area contributed by atoms with Gasteiger partial charge in [-0.2, -0.15) is 0 Å². The number of Topliss-reactive ketones (excluding diaryl/α,β-unsaturated/α-hetero) is 1. The predicted octanol–water partition coefficient (Wildman–Crippen LogP) is 3.37. The van der Waals surface area contributed by atoms with Gasteiger partial charge in [0, 0.05) is 13.0 Å². The fraction of sp³-hybridized carbons (Fsp3) is 0.588. The maximum absolute atomic E-state index is 12.8. The third-order valence-corrected chi connectivity index (χ3v) is 4.87. The number of ketones is 1. The number of hydrogen-bond donors (Lipinski definition) is 0. The van der Waals surface area contributed by atoms with E-state index in [1.165, 1.54) is 18.4 Å². The fourth-order valence-corrected chi connectivity index (χ4v) is 3.83. The van der Waals surface area contributed by atoms with Gasteiger partial charge in [0.15, 0.2) is 5.78 Å². The van der Waals surface area contributed by atoms with Crippen LogP contribution in [0, 0.1) is 5.92 Å². The van der Waals surface area contributed by atoms with Crippen molar-refractivity contribution in [3.05, 3.63) is 35.9 Å². The molecule has 3 rings (SSSR count). The molecule has 1 aromatic rings. The normalized spacial score (nSPS) is 32.7. The Balaban J connectivity index is 2.02. The lowest BCUT2D eigenvalue weighted by atomic mass is 9.74. The number of benzene rings is 1. The first-order valence-electron chi connectivity index (χ1n) is 7.57. The Morgan fingerprint density at radius 3 is 2.63 bits per heavy atom. The smallest absolute Gasteiger partial charge is 0.157 e. The molecule has 1 unspecified atom stereocenters. The highest BCUT2D eigenvalue weighted by molar-refractivity contribution is 5.90. The molecule has 1 aliphatic heterocycles. The fourth-order valence-electron chi connectivity index (χ4n) is 3.83. The second-order valence-electron chi connectivity index (χ2n) is 6.20. The summed E-state index contributed by atoms with van der Waals surface area (Å²) >= 11 is 0. The van der Waals surface area contributed by atoms with Crippen molar-refractivity contribution in [2.24, 2.45) is 5.92 Å². The van der Waals surface area contributed by atoms with Gasteiger partial charge in [-0.3, -0.25) is 9.69 Å². The van der Waals surface area contributed by atoms with Crippen LogP contribution in [-0.2, 0) is 10.3 Å². The average molecular weight is 257 g/mol. The molecule has 2 fully saturated rings. The van der Waals surface area contributed by atoms with Gasteiger partial charge in [0.1, 0.15) is 5.54 Å². The van der Waals surface area contributed by atoms with E-state index >= 15 is 0 Å². The summed E-state index contributed by atoms with van der Waals surface area (Å²) in [6.45, 7) is 4.44. The van der Waals surface area contributed by atoms with Crippen LogP contribution in [0.4, 0.5) is 0 Å². The predicted molar refractivity (Wildman–Crippen MR) is 76.9 cm³/mol. The van der Waals surface area contributed by atoms with E-state index in [0.29, 0.717) is 5.78 Å². The van der Waals surface area contributed by atoms with Crippen molar-refractivity contribution in [3.8, 4) is 0 Å². The van der Waals surface area contributed by atoms with E-state index in [1.54, 1.807) is 0 Å². The quantitative estimate of drug-likeness (QED) is 0.809. The molecule has 1 saturated carbocycles. The van der Waals surface area contributed by atoms with Crippen LogP contribution < -0.4 is 0 Å². The summed E-state index contributed by atoms with van der Waals surface area (Å²) in [5, 5.41) is 0. The molecule has 1 aromatic carbocycles. The number of rotatable bonds is 2. The largest absolute Gasteiger partial charge is 0.297 e. The number of likely N-dealkylation sites (tertiary alicyclic amines) is 1. The average Bonchev–Trinajstić information content (AvgIpc) is 2.87. The molecule has 0 N–H and O–H groups in total. The van der Waals surface area contributed by atoms with Crippen LogP contribution in [0.3, 0.4) is 0 Å². The van der Waals surface area contributed by atoms with Crippen molar-refractivity contribution in [3.63, 3.8) is 0 Å². The monoisotopic (exact) mass is 257 g/mol. The first-order valence-corrected chi connectivity index (χ1v) is 7.57. The lowest BCUT2D eigenvalue weighted by Crippen LogP contribution is -2.52. The highest BCUT2D eigenvalue weighted by atomic mass is 16.1. The maximum atomic E-state index is 12.8. The van der Waals surface area contributed by atoms with E-state index in [9.17, 15) is 4.79 Å². The van der Waals surface area contributed by atoms with Gasteiger partial charge >= 0.3 is 0 Å². The van der Waals surface area contributed by atoms with Crippen LogP contribution in [-0.4, -0.2) is 23.8 Å². The SMILES string of the molecule is CC1CCN([C@@]2(c3ccccc3)CCCCC2=O)C1. The van der Waals surface area contributed by atoms with E-state index in [-0.39, 0.29) is 5.54 Å². The summed E-state index contributed by atoms with van der Waals surface area (Å²) in [4.78, 5) is 15.2. The maximum Gasteiger partial charge on any atom is 0.157 e. The van der Waals surface area contributed by atoms with Gasteiger partial charge in [-0.05, 0) is 37.3 Å². The molecular weight excluding hydrogens is 234 g/mol. The molecule has 1 saturated heterocycles. The Morgan fingerprint density at radius 1 is 1.21 bits per heavy atom. The van der Waals surface area contributed by atoms with E-state index in [2.05, 4.69) is 36.1 Å². The van der Waals surface area contributed by atoms with Crippen molar-refractivity contribution in [2.75, 3.05) is 13.1 Å². The Hall–Kier alpha value is -1.15. The third-order valence-electron chi connectivity index (χ3n) is 4.87. The Kier molecular flexibility index (Phi) is 3.44. The molecule has 102 valence electrons. The van der Waals surface area contributed by atoms with E-state index in [0.717, 1.165) is 38.3 Å². The molecule has 2 heteroatoms. The van der Waals surface area contributed by atoms with E-state index in [1.807, 2.05) is 6.07 Å². The van der Waals surface area contributed by atoms with Gasteiger partial charge < -0.3 is 0 Å². The van der Waals surface area contributed by atoms with Crippen LogP contribution in [0.15, 0.2) is 30.3 Å². The standard InChI is InChI=1S/C17H23NO/c1-14-10-12-18(13-14)17(11-6-5-9-16(17)19)15-7-3-2-4-8-15/h2-4,7-8,14H,5-6,9-13H2,1H3/t14?,17-/m1/s1. The molecule has 0 aromatic heterocycles. The molecular formula is C17H23NO. The summed E-state index contributed by atoms with van der Waals surface area (Å²) < 4.78 is 0. The summed E-state index contributed by atoms with van der Waals surface area (Å²) in [5.41, 5.74) is 0.901. The van der Waals surface area contributed by atoms with Gasteiger partial charge in [0.2, 0.25) is 0 Å². The second-order valence-corrected chi connectivity index (χ2v) is 6.20. The summed E-state index contributed by atoms with van der Waals surface area (Å²) in [6, 6.07) is 10.5. The minimum absolute atomic E-state index is 0.315. The molecule has 19 heavy (non-hydrogen) atoms. The lowest BCUT2D eigenvalue weighted by molar-refractivity contribution is -0.134. The van der Waals surface area contributed by atoms with Gasteiger partial charge in [0.05, 0.1) is 0 Å². The Bertz CT molecular complexity index is 456. The lowest BCUT2D eigenvalue weighted by Gasteiger charge is -2.43. The zero-order valence-corrected chi connectivity index (χ0v) is 11.8. The van der Waals surface area contributed by atoms with Crippen molar-refractivity contribution in [1.29, 1.82) is 0 Å². The molecule has 2 nitrogen and oxygen atoms in total. The van der Waals surface area contributed by atoms with Crippen LogP contribution >= 0.6 is 0 Å². The van der Waals surface area contributed by atoms with Crippen molar-refractivity contribution >= 4 is 5.78 Å². The zero-order valence-electron chi connectivity index (χ0n) is 11.8. The zero-order chi connectivity index (χ0) is 13.3. The van der Waals surface area contributed by atoms with Gasteiger partial charge in [-0.25, -0.2) is 0 Å². The van der Waals surface area contributed by atoms with E-state index < -0.39 is 0 Å². The first-order chi connectivity index (χ1) is 9.23. The third kappa shape index (κ3) is 2.12. The van der Waals surface area contributed by atoms with Crippen molar-refractivity contribution in [2.45, 2.75) is 44.6 Å². The van der Waals surface area contributed by atoms with Gasteiger partial charge in [-0.15, -0.1) is 0 Å². The minimum atomic E-state index is -0.315. The highest BCUT2D eigenvalue weighted by Crippen LogP contribution is 2.42. The topological polar surface area (TPSA) is 20.3 Å². The highest BCUT2D eigenvalue weighted by Gasteiger charge is 2.47. The molecule has 1 heterocycles. The first kappa shape index (κ1) is 12.9. The van der Waals surface area contributed by atoms with Crippen LogP contribution in [0.1, 0.15) is 44.6 Å². The summed E-state index contributed by atoms with van der Waals surface area (Å²) in [5.74, 6) is 1.16. The van der Waals surface area contributed by atoms with Crippen LogP contribution in [0.25, 0.3) is 0 Å². The Morgan fingerprint density at radius 2 is 2.00 bits per heavy atom. The molecule has 2 aliphatic rings. The molecule has 1 aliphatic carbocycles.